The van der Waals surface area contributed by atoms with Gasteiger partial charge in [0.2, 0.25) is 0 Å². The van der Waals surface area contributed by atoms with Crippen molar-refractivity contribution in [3.8, 4) is 5.75 Å². The van der Waals surface area contributed by atoms with E-state index in [4.69, 9.17) is 14.3 Å². The lowest BCUT2D eigenvalue weighted by Gasteiger charge is -2.18. The van der Waals surface area contributed by atoms with E-state index < -0.39 is 5.97 Å². The lowest BCUT2D eigenvalue weighted by atomic mass is 10.1. The van der Waals surface area contributed by atoms with E-state index in [1.165, 1.54) is 0 Å². The predicted octanol–water partition coefficient (Wildman–Crippen LogP) is 2.62. The molecule has 0 spiro atoms. The molecule has 0 bridgehead atoms. The summed E-state index contributed by atoms with van der Waals surface area (Å²) >= 11 is 0. The number of methoxy groups -OCH3 is 1. The third-order valence-electron chi connectivity index (χ3n) is 3.00. The van der Waals surface area contributed by atoms with Crippen LogP contribution in [0.1, 0.15) is 21.5 Å². The van der Waals surface area contributed by atoms with Gasteiger partial charge in [0.25, 0.3) is 0 Å². The Morgan fingerprint density at radius 1 is 1.35 bits per heavy atom. The molecule has 1 aromatic heterocycles. The SMILES string of the molecule is COc1ccc(C(=O)O)cc1CN(C)Cc1ccoc1. The second-order valence-electron chi connectivity index (χ2n) is 4.64. The zero-order valence-corrected chi connectivity index (χ0v) is 11.5. The number of aromatic carboxylic acids is 1. The summed E-state index contributed by atoms with van der Waals surface area (Å²) in [6, 6.07) is 6.78. The summed E-state index contributed by atoms with van der Waals surface area (Å²) in [7, 11) is 3.54. The third kappa shape index (κ3) is 3.39. The molecule has 2 rings (SSSR count). The number of hydrogen-bond donors (Lipinski definition) is 1. The summed E-state index contributed by atoms with van der Waals surface area (Å²) in [5.41, 5.74) is 2.18. The highest BCUT2D eigenvalue weighted by Crippen LogP contribution is 2.22. The standard InChI is InChI=1S/C15H17NO4/c1-16(8-11-5-6-20-10-11)9-13-7-12(15(17)18)3-4-14(13)19-2/h3-7,10H,8-9H2,1-2H3,(H,17,18). The van der Waals surface area contributed by atoms with Crippen LogP contribution in [0.2, 0.25) is 0 Å². The molecule has 1 heterocycles. The molecule has 5 heteroatoms. The molecule has 0 aliphatic carbocycles. The monoisotopic (exact) mass is 275 g/mol. The fraction of sp³-hybridized carbons (Fsp3) is 0.267. The van der Waals surface area contributed by atoms with E-state index >= 15 is 0 Å². The van der Waals surface area contributed by atoms with Crippen LogP contribution in [-0.2, 0) is 13.1 Å². The Balaban J connectivity index is 2.14. The molecule has 0 atom stereocenters. The van der Waals surface area contributed by atoms with Crippen molar-refractivity contribution < 1.29 is 19.1 Å². The quantitative estimate of drug-likeness (QED) is 0.878. The average Bonchev–Trinajstić information content (AvgIpc) is 2.91. The normalized spacial score (nSPS) is 10.8. The maximum Gasteiger partial charge on any atom is 0.335 e. The number of rotatable bonds is 6. The van der Waals surface area contributed by atoms with Gasteiger partial charge < -0.3 is 14.3 Å². The maximum atomic E-state index is 11.0. The van der Waals surface area contributed by atoms with Crippen LogP contribution in [-0.4, -0.2) is 30.1 Å². The number of ether oxygens (including phenoxy) is 1. The zero-order valence-electron chi connectivity index (χ0n) is 11.5. The molecular weight excluding hydrogens is 258 g/mol. The molecule has 0 amide bonds. The Morgan fingerprint density at radius 2 is 2.15 bits per heavy atom. The number of carboxylic acid groups (broad SMARTS) is 1. The van der Waals surface area contributed by atoms with Crippen molar-refractivity contribution in [3.63, 3.8) is 0 Å². The average molecular weight is 275 g/mol. The Labute approximate surface area is 117 Å². The summed E-state index contributed by atoms with van der Waals surface area (Å²) in [5, 5.41) is 9.05. The highest BCUT2D eigenvalue weighted by atomic mass is 16.5. The molecule has 0 fully saturated rings. The maximum absolute atomic E-state index is 11.0. The highest BCUT2D eigenvalue weighted by molar-refractivity contribution is 5.88. The van der Waals surface area contributed by atoms with E-state index in [0.717, 1.165) is 17.7 Å². The number of benzene rings is 1. The first kappa shape index (κ1) is 14.1. The molecule has 0 saturated carbocycles. The molecule has 1 N–H and O–H groups in total. The molecule has 1 aromatic carbocycles. The molecule has 0 saturated heterocycles. The van der Waals surface area contributed by atoms with Gasteiger partial charge in [0.1, 0.15) is 5.75 Å². The fourth-order valence-corrected chi connectivity index (χ4v) is 2.08. The summed E-state index contributed by atoms with van der Waals surface area (Å²) in [6.07, 6.45) is 3.33. The molecule has 5 nitrogen and oxygen atoms in total. The van der Waals surface area contributed by atoms with E-state index in [1.54, 1.807) is 37.8 Å². The third-order valence-corrected chi connectivity index (χ3v) is 3.00. The van der Waals surface area contributed by atoms with Crippen LogP contribution >= 0.6 is 0 Å². The van der Waals surface area contributed by atoms with E-state index in [1.807, 2.05) is 13.1 Å². The van der Waals surface area contributed by atoms with Crippen LogP contribution in [0.15, 0.2) is 41.2 Å². The Hall–Kier alpha value is -2.27. The minimum atomic E-state index is -0.939. The summed E-state index contributed by atoms with van der Waals surface area (Å²) in [5.74, 6) is -0.250. The summed E-state index contributed by atoms with van der Waals surface area (Å²) in [4.78, 5) is 13.1. The minimum absolute atomic E-state index is 0.262. The largest absolute Gasteiger partial charge is 0.496 e. The van der Waals surface area contributed by atoms with Crippen LogP contribution in [0, 0.1) is 0 Å². The topological polar surface area (TPSA) is 62.9 Å². The van der Waals surface area contributed by atoms with Gasteiger partial charge in [-0.2, -0.15) is 0 Å². The van der Waals surface area contributed by atoms with Crippen molar-refractivity contribution in [2.75, 3.05) is 14.2 Å². The van der Waals surface area contributed by atoms with Gasteiger partial charge in [0.05, 0.1) is 25.2 Å². The van der Waals surface area contributed by atoms with Crippen molar-refractivity contribution >= 4 is 5.97 Å². The van der Waals surface area contributed by atoms with Crippen molar-refractivity contribution in [1.82, 2.24) is 4.90 Å². The molecule has 2 aromatic rings. The van der Waals surface area contributed by atoms with Gasteiger partial charge in [-0.3, -0.25) is 4.90 Å². The zero-order chi connectivity index (χ0) is 14.5. The minimum Gasteiger partial charge on any atom is -0.496 e. The fourth-order valence-electron chi connectivity index (χ4n) is 2.08. The van der Waals surface area contributed by atoms with E-state index in [0.29, 0.717) is 12.3 Å². The van der Waals surface area contributed by atoms with Gasteiger partial charge in [0, 0.05) is 24.2 Å². The van der Waals surface area contributed by atoms with Crippen LogP contribution in [0.25, 0.3) is 0 Å². The Bertz CT molecular complexity index is 578. The Morgan fingerprint density at radius 3 is 2.75 bits per heavy atom. The van der Waals surface area contributed by atoms with Crippen molar-refractivity contribution in [2.45, 2.75) is 13.1 Å². The number of furan rings is 1. The van der Waals surface area contributed by atoms with Gasteiger partial charge in [0.15, 0.2) is 0 Å². The van der Waals surface area contributed by atoms with E-state index in [9.17, 15) is 4.79 Å². The summed E-state index contributed by atoms with van der Waals surface area (Å²) in [6.45, 7) is 1.31. The van der Waals surface area contributed by atoms with E-state index in [2.05, 4.69) is 4.90 Å². The highest BCUT2D eigenvalue weighted by Gasteiger charge is 2.11. The lowest BCUT2D eigenvalue weighted by Crippen LogP contribution is -2.17. The molecule has 0 radical (unpaired) electrons. The van der Waals surface area contributed by atoms with Gasteiger partial charge in [-0.05, 0) is 31.3 Å². The Kier molecular flexibility index (Phi) is 4.42. The first-order valence-electron chi connectivity index (χ1n) is 6.20. The molecular formula is C15H17NO4. The van der Waals surface area contributed by atoms with Crippen LogP contribution in [0.4, 0.5) is 0 Å². The summed E-state index contributed by atoms with van der Waals surface area (Å²) < 4.78 is 10.3. The second kappa shape index (κ2) is 6.25. The lowest BCUT2D eigenvalue weighted by molar-refractivity contribution is 0.0696. The molecule has 106 valence electrons. The van der Waals surface area contributed by atoms with Gasteiger partial charge >= 0.3 is 5.97 Å². The second-order valence-corrected chi connectivity index (χ2v) is 4.64. The molecule has 0 aliphatic heterocycles. The predicted molar refractivity (Wildman–Crippen MR) is 73.8 cm³/mol. The van der Waals surface area contributed by atoms with Gasteiger partial charge in [-0.25, -0.2) is 4.79 Å². The van der Waals surface area contributed by atoms with Gasteiger partial charge in [-0.15, -0.1) is 0 Å². The molecule has 0 unspecified atom stereocenters. The van der Waals surface area contributed by atoms with Crippen molar-refractivity contribution in [1.29, 1.82) is 0 Å². The smallest absolute Gasteiger partial charge is 0.335 e. The number of carbonyl (C=O) groups is 1. The van der Waals surface area contributed by atoms with Crippen molar-refractivity contribution in [3.05, 3.63) is 53.5 Å². The van der Waals surface area contributed by atoms with Gasteiger partial charge in [-0.1, -0.05) is 0 Å². The number of hydrogen-bond acceptors (Lipinski definition) is 4. The van der Waals surface area contributed by atoms with Crippen LogP contribution in [0.3, 0.4) is 0 Å². The van der Waals surface area contributed by atoms with Crippen LogP contribution < -0.4 is 4.74 Å². The van der Waals surface area contributed by atoms with Crippen molar-refractivity contribution in [2.24, 2.45) is 0 Å². The number of carboxylic acids is 1. The van der Waals surface area contributed by atoms with Crippen LogP contribution in [0.5, 0.6) is 5.75 Å². The first-order chi connectivity index (χ1) is 9.60. The first-order valence-corrected chi connectivity index (χ1v) is 6.20. The van der Waals surface area contributed by atoms with E-state index in [-0.39, 0.29) is 5.56 Å². The molecule has 20 heavy (non-hydrogen) atoms. The number of nitrogens with zero attached hydrogens (tertiary/aromatic N) is 1. The molecule has 0 aliphatic rings.